The number of likely N-dealkylation sites (N-methyl/N-ethyl adjacent to an activating group) is 1. The quantitative estimate of drug-likeness (QED) is 0.173. The maximum Gasteiger partial charge on any atom is 0.490 e. The summed E-state index contributed by atoms with van der Waals surface area (Å²) in [5.41, 5.74) is 0.946. The lowest BCUT2D eigenvalue weighted by molar-refractivity contribution is -0.192. The van der Waals surface area contributed by atoms with Crippen LogP contribution in [0.25, 0.3) is 0 Å². The van der Waals surface area contributed by atoms with Gasteiger partial charge in [0, 0.05) is 18.2 Å². The summed E-state index contributed by atoms with van der Waals surface area (Å²) in [6, 6.07) is 6.87. The molecule has 13 nitrogen and oxygen atoms in total. The van der Waals surface area contributed by atoms with Crippen molar-refractivity contribution in [3.8, 4) is 0 Å². The summed E-state index contributed by atoms with van der Waals surface area (Å²) in [6.45, 7) is 13.7. The van der Waals surface area contributed by atoms with E-state index in [2.05, 4.69) is 16.0 Å². The molecule has 5 amide bonds. The molecule has 1 aromatic rings. The fourth-order valence-corrected chi connectivity index (χ4v) is 5.28. The van der Waals surface area contributed by atoms with Crippen LogP contribution in [0.3, 0.4) is 0 Å². The van der Waals surface area contributed by atoms with Gasteiger partial charge in [-0.25, -0.2) is 4.79 Å². The number of hydrogen-bond donors (Lipinski definition) is 4. The van der Waals surface area contributed by atoms with E-state index in [9.17, 15) is 37.1 Å². The number of nitrogens with one attached hydrogen (secondary N) is 3. The molecule has 0 saturated carbocycles. The van der Waals surface area contributed by atoms with Crippen LogP contribution < -0.4 is 16.0 Å². The summed E-state index contributed by atoms with van der Waals surface area (Å²) in [7, 11) is 3.65. The molecule has 4 atom stereocenters. The van der Waals surface area contributed by atoms with Gasteiger partial charge in [0.25, 0.3) is 11.8 Å². The van der Waals surface area contributed by atoms with E-state index in [1.807, 2.05) is 90.9 Å². The maximum absolute atomic E-state index is 13.5. The first-order valence-corrected chi connectivity index (χ1v) is 17.3. The van der Waals surface area contributed by atoms with Crippen molar-refractivity contribution >= 4 is 35.5 Å². The van der Waals surface area contributed by atoms with E-state index in [4.69, 9.17) is 14.6 Å². The molecule has 1 aliphatic heterocycles. The number of hydrogen-bond acceptors (Lipinski definition) is 8. The molecule has 0 unspecified atom stereocenters. The molecule has 296 valence electrons. The predicted octanol–water partition coefficient (Wildman–Crippen LogP) is 3.80. The fourth-order valence-electron chi connectivity index (χ4n) is 5.28. The van der Waals surface area contributed by atoms with Gasteiger partial charge in [0.15, 0.2) is 0 Å². The molecule has 0 spiro atoms. The van der Waals surface area contributed by atoms with Gasteiger partial charge >= 0.3 is 12.1 Å². The van der Waals surface area contributed by atoms with Gasteiger partial charge in [0.2, 0.25) is 17.7 Å². The highest BCUT2D eigenvalue weighted by atomic mass is 19.4. The van der Waals surface area contributed by atoms with Crippen molar-refractivity contribution < 1.29 is 51.8 Å². The van der Waals surface area contributed by atoms with E-state index >= 15 is 0 Å². The topological polar surface area (TPSA) is 174 Å². The van der Waals surface area contributed by atoms with Crippen molar-refractivity contribution in [1.82, 2.24) is 25.8 Å². The van der Waals surface area contributed by atoms with E-state index in [1.165, 1.54) is 18.2 Å². The first kappa shape index (κ1) is 46.3. The van der Waals surface area contributed by atoms with Gasteiger partial charge in [0.05, 0.1) is 12.6 Å². The number of imide groups is 1. The fraction of sp³-hybridized carbons (Fsp3) is 0.568. The number of carbonyl (C=O) groups is 6. The number of aliphatic carboxylic acids is 1. The summed E-state index contributed by atoms with van der Waals surface area (Å²) in [6.07, 6.45) is -0.244. The van der Waals surface area contributed by atoms with Crippen molar-refractivity contribution in [2.45, 2.75) is 98.3 Å². The van der Waals surface area contributed by atoms with Gasteiger partial charge in [-0.1, -0.05) is 78.0 Å². The van der Waals surface area contributed by atoms with Crippen molar-refractivity contribution in [2.24, 2.45) is 17.8 Å². The van der Waals surface area contributed by atoms with Gasteiger partial charge in [-0.3, -0.25) is 33.8 Å². The lowest BCUT2D eigenvalue weighted by Crippen LogP contribution is -2.57. The number of carbonyl (C=O) groups excluding carboxylic acids is 5. The smallest absolute Gasteiger partial charge is 0.490 e. The molecule has 0 radical (unpaired) electrons. The SMILES string of the molecule is CC(C)C[C@H](NC(=O)[C@H](CC(C)C)NC(=O)[C@H](C(C)C)N(C)C)C(=O)N[C@@H](C)/C=C/C(=O)N1CC(OCc2ccccc2)=CC1=O.O=C(O)C(F)(F)F. The Morgan fingerprint density at radius 2 is 1.36 bits per heavy atom. The Labute approximate surface area is 309 Å². The molecule has 0 aliphatic carbocycles. The van der Waals surface area contributed by atoms with Gasteiger partial charge in [-0.15, -0.1) is 0 Å². The van der Waals surface area contributed by atoms with E-state index in [1.54, 1.807) is 6.92 Å². The summed E-state index contributed by atoms with van der Waals surface area (Å²) in [4.78, 5) is 77.0. The van der Waals surface area contributed by atoms with Crippen molar-refractivity contribution in [1.29, 1.82) is 0 Å². The van der Waals surface area contributed by atoms with Gasteiger partial charge < -0.3 is 25.8 Å². The third-order valence-electron chi connectivity index (χ3n) is 7.67. The molecule has 2 rings (SSSR count). The van der Waals surface area contributed by atoms with Gasteiger partial charge in [0.1, 0.15) is 24.4 Å². The molecule has 4 N–H and O–H groups in total. The lowest BCUT2D eigenvalue weighted by atomic mass is 9.98. The largest absolute Gasteiger partial charge is 0.491 e. The second-order valence-electron chi connectivity index (χ2n) is 14.1. The van der Waals surface area contributed by atoms with Crippen LogP contribution in [-0.2, 0) is 40.1 Å². The number of halogens is 3. The second kappa shape index (κ2) is 21.7. The molecular formula is C37H54F3N5O8. The first-order valence-electron chi connectivity index (χ1n) is 17.3. The first-order chi connectivity index (χ1) is 24.5. The monoisotopic (exact) mass is 753 g/mol. The number of amides is 5. The van der Waals surface area contributed by atoms with E-state index in [0.29, 0.717) is 18.6 Å². The number of nitrogens with zero attached hydrogens (tertiary/aromatic N) is 2. The van der Waals surface area contributed by atoms with Crippen LogP contribution in [0.5, 0.6) is 0 Å². The minimum absolute atomic E-state index is 0.0264. The number of carboxylic acid groups (broad SMARTS) is 1. The standard InChI is InChI=1S/C35H53N5O6.C2HF3O2/c1-22(2)17-28(37-34(44)29(18-23(3)4)38-35(45)32(24(5)6)39(8)9)33(43)36-25(7)15-16-30(41)40-20-27(19-31(40)42)46-21-26-13-11-10-12-14-26;3-2(4,5)1(6)7/h10-16,19,22-25,28-29,32H,17-18,20-21H2,1-9H3,(H,36,43)(H,37,44)(H,38,45);(H,6,7)/b16-15+;/t25-,28-,29-,32-;/m0./s1. The van der Waals surface area contributed by atoms with Gasteiger partial charge in [-0.05, 0) is 57.2 Å². The molecule has 0 fully saturated rings. The van der Waals surface area contributed by atoms with E-state index in [0.717, 1.165) is 10.5 Å². The van der Waals surface area contributed by atoms with E-state index in [-0.39, 0.29) is 36.8 Å². The molecule has 0 bridgehead atoms. The summed E-state index contributed by atoms with van der Waals surface area (Å²) in [5, 5.41) is 15.7. The molecular weight excluding hydrogens is 699 g/mol. The molecule has 1 aromatic carbocycles. The number of carboxylic acids is 1. The van der Waals surface area contributed by atoms with Crippen LogP contribution in [0.15, 0.2) is 54.3 Å². The van der Waals surface area contributed by atoms with Crippen molar-refractivity contribution in [3.05, 3.63) is 59.9 Å². The molecule has 16 heteroatoms. The highest BCUT2D eigenvalue weighted by Crippen LogP contribution is 2.16. The van der Waals surface area contributed by atoms with Crippen molar-refractivity contribution in [2.75, 3.05) is 20.6 Å². The molecule has 1 heterocycles. The summed E-state index contributed by atoms with van der Waals surface area (Å²) >= 11 is 0. The number of rotatable bonds is 17. The van der Waals surface area contributed by atoms with Crippen LogP contribution in [0.1, 0.15) is 66.9 Å². The van der Waals surface area contributed by atoms with Crippen LogP contribution in [0, 0.1) is 17.8 Å². The summed E-state index contributed by atoms with van der Waals surface area (Å²) in [5.74, 6) is -4.18. The third kappa shape index (κ3) is 17.1. The number of ether oxygens (including phenoxy) is 1. The summed E-state index contributed by atoms with van der Waals surface area (Å²) < 4.78 is 37.4. The van der Waals surface area contributed by atoms with Crippen molar-refractivity contribution in [3.63, 3.8) is 0 Å². The molecule has 53 heavy (non-hydrogen) atoms. The zero-order valence-corrected chi connectivity index (χ0v) is 31.8. The molecule has 0 aromatic heterocycles. The third-order valence-corrected chi connectivity index (χ3v) is 7.67. The Bertz CT molecular complexity index is 1450. The normalized spacial score (nSPS) is 15.4. The predicted molar refractivity (Wildman–Crippen MR) is 192 cm³/mol. The Morgan fingerprint density at radius 1 is 0.868 bits per heavy atom. The molecule has 1 aliphatic rings. The van der Waals surface area contributed by atoms with Crippen LogP contribution in [-0.4, -0.2) is 101 Å². The van der Waals surface area contributed by atoms with E-state index < -0.39 is 59.9 Å². The highest BCUT2D eigenvalue weighted by molar-refractivity contribution is 6.07. The lowest BCUT2D eigenvalue weighted by Gasteiger charge is -2.30. The minimum Gasteiger partial charge on any atom is -0.491 e. The Morgan fingerprint density at radius 3 is 1.81 bits per heavy atom. The zero-order chi connectivity index (χ0) is 40.6. The average Bonchev–Trinajstić information content (AvgIpc) is 3.41. The highest BCUT2D eigenvalue weighted by Gasteiger charge is 2.38. The maximum atomic E-state index is 13.5. The second-order valence-corrected chi connectivity index (χ2v) is 14.1. The number of alkyl halides is 3. The van der Waals surface area contributed by atoms with Gasteiger partial charge in [-0.2, -0.15) is 13.2 Å². The van der Waals surface area contributed by atoms with Crippen LogP contribution >= 0.6 is 0 Å². The minimum atomic E-state index is -5.08. The number of benzene rings is 1. The average molecular weight is 754 g/mol. The Balaban J connectivity index is 0.00000181. The van der Waals surface area contributed by atoms with Crippen LogP contribution in [0.2, 0.25) is 0 Å². The Kier molecular flexibility index (Phi) is 19.0. The van der Waals surface area contributed by atoms with Crippen LogP contribution in [0.4, 0.5) is 13.2 Å². The Hall–Kier alpha value is -4.73. The molecule has 0 saturated heterocycles. The zero-order valence-electron chi connectivity index (χ0n) is 31.8.